The van der Waals surface area contributed by atoms with Crippen LogP contribution in [0, 0.1) is 12.7 Å². The first-order valence-corrected chi connectivity index (χ1v) is 8.67. The van der Waals surface area contributed by atoms with Crippen molar-refractivity contribution in [3.63, 3.8) is 0 Å². The molecule has 24 heavy (non-hydrogen) atoms. The molecule has 2 N–H and O–H groups in total. The highest BCUT2D eigenvalue weighted by atomic mass is 35.5. The molecule has 2 aromatic rings. The Morgan fingerprint density at radius 1 is 1.29 bits per heavy atom. The number of hydrogen-bond donors (Lipinski definition) is 2. The molecular formula is C15H12ClFN2O4S. The Hall–Kier alpha value is -2.32. The van der Waals surface area contributed by atoms with E-state index in [0.717, 1.165) is 12.1 Å². The van der Waals surface area contributed by atoms with Crippen molar-refractivity contribution in [1.82, 2.24) is 0 Å². The molecule has 9 heteroatoms. The number of hydrogen-bond acceptors (Lipinski definition) is 4. The molecule has 0 fully saturated rings. The fourth-order valence-corrected chi connectivity index (χ4v) is 3.87. The van der Waals surface area contributed by atoms with Crippen LogP contribution >= 0.6 is 11.6 Å². The van der Waals surface area contributed by atoms with Gasteiger partial charge >= 0.3 is 0 Å². The number of ether oxygens (including phenoxy) is 1. The third kappa shape index (κ3) is 3.15. The third-order valence-electron chi connectivity index (χ3n) is 3.37. The lowest BCUT2D eigenvalue weighted by Crippen LogP contribution is -2.26. The van der Waals surface area contributed by atoms with Crippen LogP contribution in [-0.4, -0.2) is 20.9 Å². The Bertz CT molecular complexity index is 947. The van der Waals surface area contributed by atoms with E-state index in [0.29, 0.717) is 11.3 Å². The molecule has 126 valence electrons. The lowest BCUT2D eigenvalue weighted by atomic mass is 10.2. The molecule has 1 aliphatic heterocycles. The molecule has 6 nitrogen and oxygen atoms in total. The van der Waals surface area contributed by atoms with Gasteiger partial charge in [-0.05, 0) is 36.8 Å². The highest BCUT2D eigenvalue weighted by Crippen LogP contribution is 2.34. The molecule has 0 saturated heterocycles. The van der Waals surface area contributed by atoms with E-state index in [1.807, 2.05) is 0 Å². The zero-order valence-electron chi connectivity index (χ0n) is 12.4. The Balaban J connectivity index is 1.99. The van der Waals surface area contributed by atoms with Gasteiger partial charge in [-0.1, -0.05) is 11.6 Å². The number of halogens is 2. The molecule has 0 radical (unpaired) electrons. The van der Waals surface area contributed by atoms with Gasteiger partial charge in [0.1, 0.15) is 11.6 Å². The largest absolute Gasteiger partial charge is 0.482 e. The van der Waals surface area contributed by atoms with Crippen LogP contribution in [0.1, 0.15) is 5.56 Å². The van der Waals surface area contributed by atoms with Gasteiger partial charge in [0.15, 0.2) is 6.61 Å². The van der Waals surface area contributed by atoms with Crippen molar-refractivity contribution < 1.29 is 22.3 Å². The molecule has 0 atom stereocenters. The van der Waals surface area contributed by atoms with E-state index in [1.165, 1.54) is 18.2 Å². The van der Waals surface area contributed by atoms with Gasteiger partial charge < -0.3 is 10.1 Å². The number of rotatable bonds is 3. The molecule has 1 amide bonds. The van der Waals surface area contributed by atoms with Crippen LogP contribution < -0.4 is 14.8 Å². The minimum atomic E-state index is -3.98. The number of anilines is 2. The number of nitrogens with one attached hydrogen (secondary N) is 2. The van der Waals surface area contributed by atoms with Crippen LogP contribution in [0.4, 0.5) is 15.8 Å². The standard InChI is InChI=1S/C15H12ClFN2O4S/c1-8-4-12-13(23-7-15(20)18-12)6-14(8)24(21,22)19-11-3-2-9(17)5-10(11)16/h2-6,19H,7H2,1H3,(H,18,20). The second kappa shape index (κ2) is 5.95. The number of fused-ring (bicyclic) bond motifs is 1. The summed E-state index contributed by atoms with van der Waals surface area (Å²) in [6.45, 7) is 1.40. The van der Waals surface area contributed by atoms with E-state index < -0.39 is 15.8 Å². The number of carbonyl (C=O) groups excluding carboxylic acids is 1. The van der Waals surface area contributed by atoms with Crippen LogP contribution in [0.25, 0.3) is 0 Å². The molecule has 1 heterocycles. The van der Waals surface area contributed by atoms with Gasteiger partial charge in [0.05, 0.1) is 21.3 Å². The summed E-state index contributed by atoms with van der Waals surface area (Å²) in [5.74, 6) is -0.628. The number of amides is 1. The average Bonchev–Trinajstić information content (AvgIpc) is 2.49. The van der Waals surface area contributed by atoms with Crippen molar-refractivity contribution in [2.75, 3.05) is 16.6 Å². The maximum Gasteiger partial charge on any atom is 0.262 e. The molecular weight excluding hydrogens is 359 g/mol. The van der Waals surface area contributed by atoms with E-state index in [9.17, 15) is 17.6 Å². The first-order valence-electron chi connectivity index (χ1n) is 6.81. The molecule has 0 saturated carbocycles. The van der Waals surface area contributed by atoms with Gasteiger partial charge in [-0.2, -0.15) is 0 Å². The van der Waals surface area contributed by atoms with Crippen LogP contribution in [0.15, 0.2) is 35.2 Å². The summed E-state index contributed by atoms with van der Waals surface area (Å²) in [4.78, 5) is 11.3. The third-order valence-corrected chi connectivity index (χ3v) is 5.20. The fourth-order valence-electron chi connectivity index (χ4n) is 2.28. The number of sulfonamides is 1. The molecule has 0 unspecified atom stereocenters. The average molecular weight is 371 g/mol. The molecule has 0 aliphatic carbocycles. The monoisotopic (exact) mass is 370 g/mol. The van der Waals surface area contributed by atoms with Crippen molar-refractivity contribution in [3.05, 3.63) is 46.7 Å². The van der Waals surface area contributed by atoms with E-state index in [1.54, 1.807) is 6.92 Å². The summed E-state index contributed by atoms with van der Waals surface area (Å²) in [5.41, 5.74) is 0.872. The fraction of sp³-hybridized carbons (Fsp3) is 0.133. The molecule has 0 aromatic heterocycles. The zero-order chi connectivity index (χ0) is 17.5. The molecule has 2 aromatic carbocycles. The molecule has 0 spiro atoms. The lowest BCUT2D eigenvalue weighted by Gasteiger charge is -2.20. The first kappa shape index (κ1) is 16.5. The summed E-state index contributed by atoms with van der Waals surface area (Å²) < 4.78 is 45.8. The lowest BCUT2D eigenvalue weighted by molar-refractivity contribution is -0.118. The predicted molar refractivity (Wildman–Crippen MR) is 87.5 cm³/mol. The van der Waals surface area contributed by atoms with Crippen molar-refractivity contribution >= 4 is 38.9 Å². The number of aryl methyl sites for hydroxylation is 1. The number of benzene rings is 2. The Morgan fingerprint density at radius 3 is 2.75 bits per heavy atom. The summed E-state index contributed by atoms with van der Waals surface area (Å²) in [6, 6.07) is 6.18. The topological polar surface area (TPSA) is 84.5 Å². The Morgan fingerprint density at radius 2 is 2.04 bits per heavy atom. The van der Waals surface area contributed by atoms with Gasteiger partial charge in [0.25, 0.3) is 15.9 Å². The normalized spacial score (nSPS) is 13.7. The van der Waals surface area contributed by atoms with Crippen LogP contribution in [0.5, 0.6) is 5.75 Å². The van der Waals surface area contributed by atoms with Crippen LogP contribution in [-0.2, 0) is 14.8 Å². The Kier molecular flexibility index (Phi) is 4.10. The smallest absolute Gasteiger partial charge is 0.262 e. The highest BCUT2D eigenvalue weighted by molar-refractivity contribution is 7.92. The van der Waals surface area contributed by atoms with E-state index >= 15 is 0 Å². The van der Waals surface area contributed by atoms with Gasteiger partial charge in [0, 0.05) is 6.07 Å². The quantitative estimate of drug-likeness (QED) is 0.870. The van der Waals surface area contributed by atoms with E-state index in [2.05, 4.69) is 10.0 Å². The highest BCUT2D eigenvalue weighted by Gasteiger charge is 2.24. The SMILES string of the molecule is Cc1cc2c(cc1S(=O)(=O)Nc1ccc(F)cc1Cl)OCC(=O)N2. The minimum absolute atomic E-state index is 0.0298. The predicted octanol–water partition coefficient (Wildman–Crippen LogP) is 2.92. The van der Waals surface area contributed by atoms with E-state index in [-0.39, 0.29) is 33.9 Å². The van der Waals surface area contributed by atoms with Crippen LogP contribution in [0.2, 0.25) is 5.02 Å². The zero-order valence-corrected chi connectivity index (χ0v) is 14.0. The summed E-state index contributed by atoms with van der Waals surface area (Å²) in [6.07, 6.45) is 0. The van der Waals surface area contributed by atoms with E-state index in [4.69, 9.17) is 16.3 Å². The summed E-state index contributed by atoms with van der Waals surface area (Å²) in [5, 5.41) is 2.54. The maximum atomic E-state index is 13.1. The van der Waals surface area contributed by atoms with Gasteiger partial charge in [-0.25, -0.2) is 12.8 Å². The number of carbonyl (C=O) groups is 1. The van der Waals surface area contributed by atoms with Crippen molar-refractivity contribution in [2.24, 2.45) is 0 Å². The summed E-state index contributed by atoms with van der Waals surface area (Å²) in [7, 11) is -3.98. The summed E-state index contributed by atoms with van der Waals surface area (Å²) >= 11 is 5.86. The molecule has 0 bridgehead atoms. The van der Waals surface area contributed by atoms with Gasteiger partial charge in [0.2, 0.25) is 0 Å². The minimum Gasteiger partial charge on any atom is -0.482 e. The van der Waals surface area contributed by atoms with Gasteiger partial charge in [-0.3, -0.25) is 9.52 Å². The second-order valence-electron chi connectivity index (χ2n) is 5.18. The van der Waals surface area contributed by atoms with Crippen molar-refractivity contribution in [2.45, 2.75) is 11.8 Å². The molecule has 1 aliphatic rings. The van der Waals surface area contributed by atoms with Crippen LogP contribution in [0.3, 0.4) is 0 Å². The first-order chi connectivity index (χ1) is 11.3. The van der Waals surface area contributed by atoms with Crippen molar-refractivity contribution in [1.29, 1.82) is 0 Å². The second-order valence-corrected chi connectivity index (χ2v) is 7.24. The van der Waals surface area contributed by atoms with Gasteiger partial charge in [-0.15, -0.1) is 0 Å². The maximum absolute atomic E-state index is 13.1. The Labute approximate surface area is 142 Å². The molecule has 3 rings (SSSR count). The van der Waals surface area contributed by atoms with Crippen molar-refractivity contribution in [3.8, 4) is 5.75 Å².